The van der Waals surface area contributed by atoms with E-state index in [1.54, 1.807) is 24.3 Å². The number of carbonyl (C=O) groups is 3. The molecule has 1 fully saturated rings. The van der Waals surface area contributed by atoms with Crippen molar-refractivity contribution in [3.05, 3.63) is 53.3 Å². The second-order valence-corrected chi connectivity index (χ2v) is 5.79. The van der Waals surface area contributed by atoms with Crippen molar-refractivity contribution in [1.82, 2.24) is 10.2 Å². The van der Waals surface area contributed by atoms with Crippen molar-refractivity contribution in [1.29, 1.82) is 0 Å². The molecule has 3 amide bonds. The van der Waals surface area contributed by atoms with Gasteiger partial charge in [-0.05, 0) is 37.1 Å². The number of carbonyl (C=O) groups excluding carboxylic acids is 3. The number of piperidine rings is 1. The molecule has 3 rings (SSSR count). The van der Waals surface area contributed by atoms with Crippen LogP contribution in [-0.4, -0.2) is 28.7 Å². The number of benzene rings is 1. The van der Waals surface area contributed by atoms with E-state index >= 15 is 0 Å². The first-order valence-electron chi connectivity index (χ1n) is 7.06. The highest BCUT2D eigenvalue weighted by molar-refractivity contribution is 6.30. The van der Waals surface area contributed by atoms with Gasteiger partial charge < -0.3 is 10.6 Å². The molecule has 0 saturated carbocycles. The summed E-state index contributed by atoms with van der Waals surface area (Å²) in [5.41, 5.74) is 1.36. The molecule has 1 atom stereocenters. The molecule has 1 aromatic carbocycles. The number of anilines is 1. The molecule has 2 aliphatic heterocycles. The van der Waals surface area contributed by atoms with Crippen LogP contribution in [0.2, 0.25) is 5.02 Å². The van der Waals surface area contributed by atoms with Gasteiger partial charge in [-0.15, -0.1) is 0 Å². The van der Waals surface area contributed by atoms with E-state index in [-0.39, 0.29) is 11.6 Å². The largest absolute Gasteiger partial charge is 0.351 e. The standard InChI is InChI=1S/C16H14ClN3O3/c1-9-2-7-13(15(22)18-9)20-14(21)8-12(16(20)23)19-11-5-3-10(17)4-6-11/h3-6,8,13,19H,1-2,7H2,(H,18,22). The van der Waals surface area contributed by atoms with Crippen LogP contribution in [0.25, 0.3) is 0 Å². The predicted molar refractivity (Wildman–Crippen MR) is 85.3 cm³/mol. The average Bonchev–Trinajstić information content (AvgIpc) is 2.77. The Kier molecular flexibility index (Phi) is 3.92. The average molecular weight is 332 g/mol. The van der Waals surface area contributed by atoms with Crippen LogP contribution in [0.5, 0.6) is 0 Å². The summed E-state index contributed by atoms with van der Waals surface area (Å²) in [5, 5.41) is 6.03. The van der Waals surface area contributed by atoms with E-state index in [1.807, 2.05) is 0 Å². The molecule has 2 N–H and O–H groups in total. The Morgan fingerprint density at radius 3 is 2.57 bits per heavy atom. The lowest BCUT2D eigenvalue weighted by Gasteiger charge is -2.29. The van der Waals surface area contributed by atoms with E-state index in [1.165, 1.54) is 6.08 Å². The van der Waals surface area contributed by atoms with Crippen molar-refractivity contribution in [3.8, 4) is 0 Å². The first-order valence-corrected chi connectivity index (χ1v) is 7.44. The smallest absolute Gasteiger partial charge is 0.278 e. The fraction of sp³-hybridized carbons (Fsp3) is 0.188. The fourth-order valence-corrected chi connectivity index (χ4v) is 2.69. The molecule has 0 spiro atoms. The highest BCUT2D eigenvalue weighted by atomic mass is 35.5. The van der Waals surface area contributed by atoms with Gasteiger partial charge in [-0.1, -0.05) is 18.2 Å². The lowest BCUT2D eigenvalue weighted by atomic mass is 10.0. The number of imide groups is 1. The Morgan fingerprint density at radius 1 is 1.22 bits per heavy atom. The Labute approximate surface area is 137 Å². The van der Waals surface area contributed by atoms with Gasteiger partial charge in [0.2, 0.25) is 5.91 Å². The van der Waals surface area contributed by atoms with Crippen LogP contribution in [0.15, 0.2) is 48.3 Å². The molecule has 23 heavy (non-hydrogen) atoms. The molecular formula is C16H14ClN3O3. The van der Waals surface area contributed by atoms with E-state index in [2.05, 4.69) is 17.2 Å². The Bertz CT molecular complexity index is 739. The molecule has 118 valence electrons. The number of hydrogen-bond acceptors (Lipinski definition) is 4. The summed E-state index contributed by atoms with van der Waals surface area (Å²) in [6.07, 6.45) is 2.12. The molecule has 7 heteroatoms. The quantitative estimate of drug-likeness (QED) is 0.828. The van der Waals surface area contributed by atoms with Crippen molar-refractivity contribution in [2.45, 2.75) is 18.9 Å². The third-order valence-electron chi connectivity index (χ3n) is 3.71. The van der Waals surface area contributed by atoms with Crippen LogP contribution in [0, 0.1) is 0 Å². The summed E-state index contributed by atoms with van der Waals surface area (Å²) in [6.45, 7) is 3.69. The summed E-state index contributed by atoms with van der Waals surface area (Å²) < 4.78 is 0. The second-order valence-electron chi connectivity index (χ2n) is 5.35. The zero-order chi connectivity index (χ0) is 16.6. The highest BCUT2D eigenvalue weighted by Crippen LogP contribution is 2.24. The number of amides is 3. The topological polar surface area (TPSA) is 78.5 Å². The Morgan fingerprint density at radius 2 is 1.91 bits per heavy atom. The summed E-state index contributed by atoms with van der Waals surface area (Å²) in [7, 11) is 0. The normalized spacial score (nSPS) is 21.3. The van der Waals surface area contributed by atoms with Gasteiger partial charge in [0.1, 0.15) is 11.7 Å². The van der Waals surface area contributed by atoms with Crippen LogP contribution >= 0.6 is 11.6 Å². The van der Waals surface area contributed by atoms with Gasteiger partial charge in [0, 0.05) is 22.5 Å². The third-order valence-corrected chi connectivity index (χ3v) is 3.96. The van der Waals surface area contributed by atoms with Gasteiger partial charge in [-0.3, -0.25) is 19.3 Å². The number of nitrogens with zero attached hydrogens (tertiary/aromatic N) is 1. The summed E-state index contributed by atoms with van der Waals surface area (Å²) >= 11 is 5.81. The maximum atomic E-state index is 12.5. The third kappa shape index (κ3) is 2.98. The zero-order valence-corrected chi connectivity index (χ0v) is 12.9. The van der Waals surface area contributed by atoms with E-state index in [4.69, 9.17) is 11.6 Å². The molecule has 0 bridgehead atoms. The van der Waals surface area contributed by atoms with E-state index in [0.717, 1.165) is 4.90 Å². The molecule has 6 nitrogen and oxygen atoms in total. The first kappa shape index (κ1) is 15.3. The van der Waals surface area contributed by atoms with Gasteiger partial charge in [-0.25, -0.2) is 0 Å². The number of hydrogen-bond donors (Lipinski definition) is 2. The van der Waals surface area contributed by atoms with E-state index in [9.17, 15) is 14.4 Å². The minimum atomic E-state index is -0.804. The molecule has 0 radical (unpaired) electrons. The van der Waals surface area contributed by atoms with Crippen LogP contribution in [-0.2, 0) is 14.4 Å². The molecule has 2 aliphatic rings. The Balaban J connectivity index is 1.76. The number of halogens is 1. The van der Waals surface area contributed by atoms with E-state index < -0.39 is 17.9 Å². The van der Waals surface area contributed by atoms with Gasteiger partial charge in [0.25, 0.3) is 11.8 Å². The lowest BCUT2D eigenvalue weighted by molar-refractivity contribution is -0.146. The van der Waals surface area contributed by atoms with Crippen molar-refractivity contribution < 1.29 is 14.4 Å². The molecule has 1 aromatic rings. The summed E-state index contributed by atoms with van der Waals surface area (Å²) in [6, 6.07) is 5.93. The van der Waals surface area contributed by atoms with Crippen LogP contribution in [0.3, 0.4) is 0 Å². The second kappa shape index (κ2) is 5.89. The highest BCUT2D eigenvalue weighted by Gasteiger charge is 2.41. The maximum Gasteiger partial charge on any atom is 0.278 e. The molecule has 1 saturated heterocycles. The molecule has 0 aromatic heterocycles. The fourth-order valence-electron chi connectivity index (χ4n) is 2.57. The summed E-state index contributed by atoms with van der Waals surface area (Å²) in [5.74, 6) is -1.40. The molecule has 1 unspecified atom stereocenters. The van der Waals surface area contributed by atoms with Crippen molar-refractivity contribution in [2.75, 3.05) is 5.32 Å². The maximum absolute atomic E-state index is 12.5. The molecule has 2 heterocycles. The van der Waals surface area contributed by atoms with Gasteiger partial charge >= 0.3 is 0 Å². The van der Waals surface area contributed by atoms with Gasteiger partial charge in [0.15, 0.2) is 0 Å². The zero-order valence-electron chi connectivity index (χ0n) is 12.1. The number of allylic oxidation sites excluding steroid dienone is 1. The molecule has 0 aliphatic carbocycles. The van der Waals surface area contributed by atoms with Crippen molar-refractivity contribution >= 4 is 35.0 Å². The minimum absolute atomic E-state index is 0.134. The Hall–Kier alpha value is -2.60. The first-order chi connectivity index (χ1) is 11.0. The van der Waals surface area contributed by atoms with Crippen LogP contribution in [0.4, 0.5) is 5.69 Å². The monoisotopic (exact) mass is 331 g/mol. The number of nitrogens with one attached hydrogen (secondary N) is 2. The van der Waals surface area contributed by atoms with Crippen molar-refractivity contribution in [3.63, 3.8) is 0 Å². The number of rotatable bonds is 3. The SMILES string of the molecule is C=C1CCC(N2C(=O)C=C(Nc3ccc(Cl)cc3)C2=O)C(=O)N1. The van der Waals surface area contributed by atoms with Crippen LogP contribution < -0.4 is 10.6 Å². The lowest BCUT2D eigenvalue weighted by Crippen LogP contribution is -2.52. The van der Waals surface area contributed by atoms with Crippen molar-refractivity contribution in [2.24, 2.45) is 0 Å². The van der Waals surface area contributed by atoms with Gasteiger partial charge in [-0.2, -0.15) is 0 Å². The van der Waals surface area contributed by atoms with Gasteiger partial charge in [0.05, 0.1) is 0 Å². The summed E-state index contributed by atoms with van der Waals surface area (Å²) in [4.78, 5) is 37.6. The van der Waals surface area contributed by atoms with Crippen LogP contribution in [0.1, 0.15) is 12.8 Å². The molecular weight excluding hydrogens is 318 g/mol. The minimum Gasteiger partial charge on any atom is -0.351 e. The predicted octanol–water partition coefficient (Wildman–Crippen LogP) is 1.80. The van der Waals surface area contributed by atoms with E-state index in [0.29, 0.717) is 29.2 Å².